The van der Waals surface area contributed by atoms with Gasteiger partial charge in [-0.3, -0.25) is 4.72 Å². The lowest BCUT2D eigenvalue weighted by Gasteiger charge is -2.11. The number of benzene rings is 2. The molecule has 23 heavy (non-hydrogen) atoms. The maximum atomic E-state index is 12.5. The lowest BCUT2D eigenvalue weighted by Crippen LogP contribution is -2.24. The predicted octanol–water partition coefficient (Wildman–Crippen LogP) is 2.86. The standard InChI is InChI=1S/C16H19N3O3S/c1-11-4-9-15(12(2)10-11)23(21,22)19-14-7-5-13(6-8-14)18-16(20)17-3/h4-10,19H,1-3H3,(H2,17,18,20). The first kappa shape index (κ1) is 16.8. The molecule has 2 amide bonds. The molecule has 0 spiro atoms. The minimum Gasteiger partial charge on any atom is -0.341 e. The number of hydrogen-bond acceptors (Lipinski definition) is 3. The molecule has 0 bridgehead atoms. The third-order valence-electron chi connectivity index (χ3n) is 3.24. The van der Waals surface area contributed by atoms with Crippen LogP contribution >= 0.6 is 0 Å². The molecule has 6 nitrogen and oxygen atoms in total. The van der Waals surface area contributed by atoms with Crippen LogP contribution in [0.25, 0.3) is 0 Å². The average molecular weight is 333 g/mol. The first-order valence-corrected chi connectivity index (χ1v) is 8.49. The first-order valence-electron chi connectivity index (χ1n) is 7.01. The van der Waals surface area contributed by atoms with Crippen LogP contribution in [0.3, 0.4) is 0 Å². The molecule has 0 saturated carbocycles. The van der Waals surface area contributed by atoms with Gasteiger partial charge in [0.05, 0.1) is 4.90 Å². The molecule has 0 atom stereocenters. The summed E-state index contributed by atoms with van der Waals surface area (Å²) in [6.45, 7) is 3.67. The number of aryl methyl sites for hydroxylation is 2. The monoisotopic (exact) mass is 333 g/mol. The van der Waals surface area contributed by atoms with Gasteiger partial charge in [-0.05, 0) is 49.7 Å². The maximum absolute atomic E-state index is 12.5. The summed E-state index contributed by atoms with van der Waals surface area (Å²) in [6.07, 6.45) is 0. The Balaban J connectivity index is 2.19. The number of hydrogen-bond donors (Lipinski definition) is 3. The zero-order valence-corrected chi connectivity index (χ0v) is 14.0. The molecule has 2 rings (SSSR count). The van der Waals surface area contributed by atoms with Gasteiger partial charge in [0.1, 0.15) is 0 Å². The van der Waals surface area contributed by atoms with E-state index in [0.717, 1.165) is 5.56 Å². The molecular formula is C16H19N3O3S. The Hall–Kier alpha value is -2.54. The van der Waals surface area contributed by atoms with Gasteiger partial charge in [-0.25, -0.2) is 13.2 Å². The molecule has 0 aromatic heterocycles. The molecule has 0 aliphatic heterocycles. The van der Waals surface area contributed by atoms with Gasteiger partial charge in [0.2, 0.25) is 0 Å². The van der Waals surface area contributed by atoms with Crippen molar-refractivity contribution >= 4 is 27.4 Å². The summed E-state index contributed by atoms with van der Waals surface area (Å²) in [6, 6.07) is 11.3. The van der Waals surface area contributed by atoms with E-state index in [0.29, 0.717) is 16.9 Å². The summed E-state index contributed by atoms with van der Waals surface area (Å²) in [7, 11) is -2.14. The summed E-state index contributed by atoms with van der Waals surface area (Å²) in [5.74, 6) is 0. The van der Waals surface area contributed by atoms with Crippen molar-refractivity contribution in [2.45, 2.75) is 18.7 Å². The summed E-state index contributed by atoms with van der Waals surface area (Å²) in [4.78, 5) is 11.5. The highest BCUT2D eigenvalue weighted by atomic mass is 32.2. The van der Waals surface area contributed by atoms with Gasteiger partial charge >= 0.3 is 6.03 Å². The summed E-state index contributed by atoms with van der Waals surface area (Å²) in [5.41, 5.74) is 2.69. The van der Waals surface area contributed by atoms with E-state index in [-0.39, 0.29) is 10.9 Å². The number of sulfonamides is 1. The third-order valence-corrected chi connectivity index (χ3v) is 4.78. The van der Waals surface area contributed by atoms with Crippen molar-refractivity contribution in [3.8, 4) is 0 Å². The quantitative estimate of drug-likeness (QED) is 0.804. The van der Waals surface area contributed by atoms with Crippen molar-refractivity contribution in [1.82, 2.24) is 5.32 Å². The fraction of sp³-hybridized carbons (Fsp3) is 0.188. The Bertz CT molecular complexity index is 815. The highest BCUT2D eigenvalue weighted by Gasteiger charge is 2.16. The molecule has 2 aromatic rings. The topological polar surface area (TPSA) is 87.3 Å². The number of anilines is 2. The SMILES string of the molecule is CNC(=O)Nc1ccc(NS(=O)(=O)c2ccc(C)cc2C)cc1. The van der Waals surface area contributed by atoms with Crippen LogP contribution in [-0.4, -0.2) is 21.5 Å². The number of carbonyl (C=O) groups is 1. The third kappa shape index (κ3) is 4.23. The molecule has 7 heteroatoms. The lowest BCUT2D eigenvalue weighted by atomic mass is 10.2. The molecule has 0 radical (unpaired) electrons. The molecule has 0 aliphatic carbocycles. The zero-order chi connectivity index (χ0) is 17.0. The maximum Gasteiger partial charge on any atom is 0.318 e. The smallest absolute Gasteiger partial charge is 0.318 e. The molecule has 0 saturated heterocycles. The Kier molecular flexibility index (Phi) is 4.90. The minimum absolute atomic E-state index is 0.246. The van der Waals surface area contributed by atoms with Gasteiger partial charge in [-0.1, -0.05) is 17.7 Å². The highest BCUT2D eigenvalue weighted by Crippen LogP contribution is 2.21. The second kappa shape index (κ2) is 6.70. The predicted molar refractivity (Wildman–Crippen MR) is 91.2 cm³/mol. The van der Waals surface area contributed by atoms with Crippen molar-refractivity contribution in [2.24, 2.45) is 0 Å². The van der Waals surface area contributed by atoms with Crippen LogP contribution in [0, 0.1) is 13.8 Å². The Morgan fingerprint density at radius 1 is 0.957 bits per heavy atom. The fourth-order valence-electron chi connectivity index (χ4n) is 2.13. The second-order valence-electron chi connectivity index (χ2n) is 5.16. The molecule has 122 valence electrons. The van der Waals surface area contributed by atoms with Gasteiger partial charge in [-0.15, -0.1) is 0 Å². The van der Waals surface area contributed by atoms with Crippen LogP contribution in [0.2, 0.25) is 0 Å². The van der Waals surface area contributed by atoms with Crippen LogP contribution < -0.4 is 15.4 Å². The van der Waals surface area contributed by atoms with Crippen LogP contribution in [0.4, 0.5) is 16.2 Å². The van der Waals surface area contributed by atoms with Crippen LogP contribution in [-0.2, 0) is 10.0 Å². The van der Waals surface area contributed by atoms with E-state index in [1.807, 2.05) is 13.0 Å². The van der Waals surface area contributed by atoms with Gasteiger partial charge < -0.3 is 10.6 Å². The minimum atomic E-state index is -3.65. The Labute approximate surface area is 136 Å². The van der Waals surface area contributed by atoms with E-state index in [2.05, 4.69) is 15.4 Å². The first-order chi connectivity index (χ1) is 10.8. The number of nitrogens with one attached hydrogen (secondary N) is 3. The fourth-order valence-corrected chi connectivity index (χ4v) is 3.41. The van der Waals surface area contributed by atoms with Gasteiger partial charge in [-0.2, -0.15) is 0 Å². The Morgan fingerprint density at radius 3 is 2.13 bits per heavy atom. The lowest BCUT2D eigenvalue weighted by molar-refractivity contribution is 0.254. The van der Waals surface area contributed by atoms with E-state index in [4.69, 9.17) is 0 Å². The molecule has 2 aromatic carbocycles. The molecule has 0 heterocycles. The largest absolute Gasteiger partial charge is 0.341 e. The molecule has 3 N–H and O–H groups in total. The van der Waals surface area contributed by atoms with Crippen molar-refractivity contribution < 1.29 is 13.2 Å². The number of carbonyl (C=O) groups excluding carboxylic acids is 1. The number of urea groups is 1. The highest BCUT2D eigenvalue weighted by molar-refractivity contribution is 7.92. The van der Waals surface area contributed by atoms with Gasteiger partial charge in [0.15, 0.2) is 0 Å². The van der Waals surface area contributed by atoms with Crippen molar-refractivity contribution in [3.63, 3.8) is 0 Å². The van der Waals surface area contributed by atoms with E-state index < -0.39 is 10.0 Å². The van der Waals surface area contributed by atoms with E-state index in [1.54, 1.807) is 43.3 Å². The summed E-state index contributed by atoms with van der Waals surface area (Å²) >= 11 is 0. The second-order valence-corrected chi connectivity index (χ2v) is 6.81. The normalized spacial score (nSPS) is 10.9. The van der Waals surface area contributed by atoms with Crippen LogP contribution in [0.15, 0.2) is 47.4 Å². The van der Waals surface area contributed by atoms with Crippen molar-refractivity contribution in [3.05, 3.63) is 53.6 Å². The average Bonchev–Trinajstić information content (AvgIpc) is 2.48. The van der Waals surface area contributed by atoms with Gasteiger partial charge in [0, 0.05) is 18.4 Å². The number of rotatable bonds is 4. The number of amides is 2. The molecule has 0 aliphatic rings. The summed E-state index contributed by atoms with van der Waals surface area (Å²) < 4.78 is 27.4. The van der Waals surface area contributed by atoms with Crippen LogP contribution in [0.5, 0.6) is 0 Å². The van der Waals surface area contributed by atoms with Crippen molar-refractivity contribution in [1.29, 1.82) is 0 Å². The molecular weight excluding hydrogens is 314 g/mol. The van der Waals surface area contributed by atoms with Gasteiger partial charge in [0.25, 0.3) is 10.0 Å². The Morgan fingerprint density at radius 2 is 1.57 bits per heavy atom. The molecule has 0 unspecified atom stereocenters. The zero-order valence-electron chi connectivity index (χ0n) is 13.2. The van der Waals surface area contributed by atoms with E-state index in [9.17, 15) is 13.2 Å². The van der Waals surface area contributed by atoms with E-state index in [1.165, 1.54) is 7.05 Å². The molecule has 0 fully saturated rings. The van der Waals surface area contributed by atoms with Crippen molar-refractivity contribution in [2.75, 3.05) is 17.1 Å². The van der Waals surface area contributed by atoms with Crippen LogP contribution in [0.1, 0.15) is 11.1 Å². The summed E-state index contributed by atoms with van der Waals surface area (Å²) in [5, 5.41) is 5.04. The van der Waals surface area contributed by atoms with E-state index >= 15 is 0 Å².